The van der Waals surface area contributed by atoms with Gasteiger partial charge in [-0.05, 0) is 60.8 Å². The van der Waals surface area contributed by atoms with E-state index in [1.807, 2.05) is 43.5 Å². The van der Waals surface area contributed by atoms with Gasteiger partial charge in [-0.25, -0.2) is 18.2 Å². The Bertz CT molecular complexity index is 1680. The van der Waals surface area contributed by atoms with E-state index in [1.165, 1.54) is 10.7 Å². The van der Waals surface area contributed by atoms with E-state index in [4.69, 9.17) is 14.5 Å². The van der Waals surface area contributed by atoms with Crippen molar-refractivity contribution in [2.45, 2.75) is 70.4 Å². The molecule has 1 radical (unpaired) electrons. The maximum Gasteiger partial charge on any atom is 0.407 e. The second-order valence-electron chi connectivity index (χ2n) is 11.1. The largest absolute Gasteiger partial charge is 0.444 e. The van der Waals surface area contributed by atoms with Gasteiger partial charge in [0.25, 0.3) is 5.16 Å². The van der Waals surface area contributed by atoms with Gasteiger partial charge in [0.15, 0.2) is 5.65 Å². The fraction of sp³-hybridized carbons (Fsp3) is 0.500. The van der Waals surface area contributed by atoms with Gasteiger partial charge in [-0.15, -0.1) is 0 Å². The highest BCUT2D eigenvalue weighted by atomic mass is 79.9. The number of hydrogen-bond donors (Lipinski definition) is 2. The molecule has 0 saturated heterocycles. The summed E-state index contributed by atoms with van der Waals surface area (Å²) in [6, 6.07) is 6.87. The van der Waals surface area contributed by atoms with Gasteiger partial charge >= 0.3 is 6.09 Å². The minimum Gasteiger partial charge on any atom is -0.444 e. The lowest BCUT2D eigenvalue weighted by Crippen LogP contribution is -2.33. The Morgan fingerprint density at radius 2 is 1.93 bits per heavy atom. The van der Waals surface area contributed by atoms with Crippen LogP contribution in [0.15, 0.2) is 34.0 Å². The molecular weight excluding hydrogens is 644 g/mol. The number of halogens is 1. The van der Waals surface area contributed by atoms with Crippen molar-refractivity contribution in [2.24, 2.45) is 0 Å². The minimum atomic E-state index is -3.68. The molecule has 0 atom stereocenters. The summed E-state index contributed by atoms with van der Waals surface area (Å²) >= 11 is 3.37. The number of imidazole rings is 1. The average Bonchev–Trinajstić information content (AvgIpc) is 3.44. The SMILES string of the molecule is C[Si](C)CCOCn1c(CNc2nc(S(C)(=O)=O)nc3c(Br)cnn23)nc2cccc(CCNC(=O)OC(C)(C)C)c21. The van der Waals surface area contributed by atoms with E-state index in [0.717, 1.165) is 28.9 Å². The van der Waals surface area contributed by atoms with Crippen LogP contribution in [-0.4, -0.2) is 77.4 Å². The number of amides is 1. The minimum absolute atomic E-state index is 0.205. The first kappa shape index (κ1) is 31.8. The zero-order chi connectivity index (χ0) is 30.7. The number of nitrogens with zero attached hydrogens (tertiary/aromatic N) is 6. The third-order valence-electron chi connectivity index (χ3n) is 6.00. The molecule has 0 unspecified atom stereocenters. The van der Waals surface area contributed by atoms with Crippen molar-refractivity contribution >= 4 is 63.3 Å². The molecule has 1 amide bonds. The van der Waals surface area contributed by atoms with Crippen LogP contribution in [0.4, 0.5) is 10.7 Å². The summed E-state index contributed by atoms with van der Waals surface area (Å²) < 4.78 is 40.0. The maximum atomic E-state index is 12.3. The number of anilines is 1. The fourth-order valence-electron chi connectivity index (χ4n) is 4.10. The number of nitrogens with one attached hydrogen (secondary N) is 2. The van der Waals surface area contributed by atoms with Crippen LogP contribution in [0.1, 0.15) is 32.2 Å². The Kier molecular flexibility index (Phi) is 9.90. The van der Waals surface area contributed by atoms with E-state index >= 15 is 0 Å². The molecule has 0 saturated carbocycles. The van der Waals surface area contributed by atoms with Gasteiger partial charge in [-0.2, -0.15) is 19.6 Å². The van der Waals surface area contributed by atoms with Crippen LogP contribution >= 0.6 is 15.9 Å². The first-order valence-corrected chi connectivity index (χ1v) is 18.8. The number of carbonyl (C=O) groups excluding carboxylic acids is 1. The summed E-state index contributed by atoms with van der Waals surface area (Å²) in [6.45, 7) is 11.4. The summed E-state index contributed by atoms with van der Waals surface area (Å²) in [5.74, 6) is 0.867. The molecule has 3 aromatic heterocycles. The van der Waals surface area contributed by atoms with Gasteiger partial charge < -0.3 is 24.7 Å². The molecule has 1 aromatic carbocycles. The van der Waals surface area contributed by atoms with Gasteiger partial charge in [0.1, 0.15) is 18.2 Å². The van der Waals surface area contributed by atoms with Gasteiger partial charge in [0, 0.05) is 28.2 Å². The van der Waals surface area contributed by atoms with Crippen molar-refractivity contribution < 1.29 is 22.7 Å². The Hall–Kier alpha value is -3.08. The zero-order valence-electron chi connectivity index (χ0n) is 24.6. The third-order valence-corrected chi connectivity index (χ3v) is 8.61. The monoisotopic (exact) mass is 679 g/mol. The van der Waals surface area contributed by atoms with Gasteiger partial charge in [-0.1, -0.05) is 25.2 Å². The summed E-state index contributed by atoms with van der Waals surface area (Å²) in [5, 5.41) is 9.98. The summed E-state index contributed by atoms with van der Waals surface area (Å²) in [6.07, 6.45) is 2.67. The van der Waals surface area contributed by atoms with E-state index in [0.29, 0.717) is 35.5 Å². The number of carbonyl (C=O) groups is 1. The van der Waals surface area contributed by atoms with Crippen LogP contribution in [0.5, 0.6) is 0 Å². The molecule has 3 heterocycles. The molecule has 4 rings (SSSR count). The lowest BCUT2D eigenvalue weighted by atomic mass is 10.1. The molecule has 2 N–H and O–H groups in total. The Morgan fingerprint density at radius 3 is 2.62 bits per heavy atom. The number of aromatic nitrogens is 6. The highest BCUT2D eigenvalue weighted by molar-refractivity contribution is 9.10. The molecule has 0 bridgehead atoms. The maximum absolute atomic E-state index is 12.3. The number of rotatable bonds is 12. The van der Waals surface area contributed by atoms with Gasteiger partial charge in [-0.3, -0.25) is 0 Å². The van der Waals surface area contributed by atoms with E-state index in [9.17, 15) is 13.2 Å². The van der Waals surface area contributed by atoms with E-state index in [-0.39, 0.29) is 24.4 Å². The fourth-order valence-corrected chi connectivity index (χ4v) is 5.50. The van der Waals surface area contributed by atoms with Crippen LogP contribution in [0.25, 0.3) is 16.7 Å². The Balaban J connectivity index is 1.64. The van der Waals surface area contributed by atoms with Crippen molar-refractivity contribution in [1.82, 2.24) is 34.4 Å². The highest BCUT2D eigenvalue weighted by Gasteiger charge is 2.20. The number of sulfone groups is 1. The molecular formula is C26H36BrN8O5SSi. The molecule has 0 aliphatic carbocycles. The van der Waals surface area contributed by atoms with Gasteiger partial charge in [0.05, 0.1) is 28.2 Å². The van der Waals surface area contributed by atoms with E-state index in [1.54, 1.807) is 0 Å². The first-order chi connectivity index (χ1) is 19.7. The lowest BCUT2D eigenvalue weighted by Gasteiger charge is -2.19. The standard InChI is InChI=1S/C26H36BrN8O5SSi/c1-26(2,3)40-25(36)28-11-10-17-8-7-9-19-21(17)34(16-39-12-13-42(5)6)20(31-19)15-29-23-33-24(41(4,37)38)32-22-18(27)14-30-35(22)23/h7-9,14H,10-13,15-16H2,1-6H3,(H,28,36)(H,29,32,33). The smallest absolute Gasteiger partial charge is 0.407 e. The van der Waals surface area contributed by atoms with Crippen LogP contribution in [0.2, 0.25) is 19.1 Å². The Labute approximate surface area is 255 Å². The molecule has 0 aliphatic rings. The second kappa shape index (κ2) is 13.1. The van der Waals surface area contributed by atoms with E-state index < -0.39 is 30.3 Å². The molecule has 42 heavy (non-hydrogen) atoms. The number of alkyl carbamates (subject to hydrolysis) is 1. The average molecular weight is 681 g/mol. The summed E-state index contributed by atoms with van der Waals surface area (Å²) in [7, 11) is -4.12. The number of para-hydroxylation sites is 1. The topological polar surface area (TPSA) is 155 Å². The molecule has 16 heteroatoms. The third kappa shape index (κ3) is 8.05. The molecule has 13 nitrogen and oxygen atoms in total. The molecule has 4 aromatic rings. The quantitative estimate of drug-likeness (QED) is 0.166. The number of hydrogen-bond acceptors (Lipinski definition) is 10. The summed E-state index contributed by atoms with van der Waals surface area (Å²) in [4.78, 5) is 25.4. The number of benzene rings is 1. The number of ether oxygens (including phenoxy) is 2. The van der Waals surface area contributed by atoms with Crippen LogP contribution in [-0.2, 0) is 39.0 Å². The van der Waals surface area contributed by atoms with Crippen LogP contribution in [0.3, 0.4) is 0 Å². The van der Waals surface area contributed by atoms with Crippen molar-refractivity contribution in [2.75, 3.05) is 24.7 Å². The Morgan fingerprint density at radius 1 is 1.17 bits per heavy atom. The van der Waals surface area contributed by atoms with E-state index in [2.05, 4.69) is 54.7 Å². The van der Waals surface area contributed by atoms with Crippen LogP contribution < -0.4 is 10.6 Å². The summed E-state index contributed by atoms with van der Waals surface area (Å²) in [5.41, 5.74) is 2.39. The molecule has 0 aliphatic heterocycles. The molecule has 0 fully saturated rings. The first-order valence-electron chi connectivity index (χ1n) is 13.4. The van der Waals surface area contributed by atoms with Crippen molar-refractivity contribution in [3.63, 3.8) is 0 Å². The normalized spacial score (nSPS) is 12.4. The number of fused-ring (bicyclic) bond motifs is 2. The highest BCUT2D eigenvalue weighted by Crippen LogP contribution is 2.24. The van der Waals surface area contributed by atoms with Crippen molar-refractivity contribution in [3.05, 3.63) is 40.3 Å². The van der Waals surface area contributed by atoms with Crippen LogP contribution in [0, 0.1) is 0 Å². The van der Waals surface area contributed by atoms with Gasteiger partial charge in [0.2, 0.25) is 15.8 Å². The molecule has 0 spiro atoms. The lowest BCUT2D eigenvalue weighted by molar-refractivity contribution is 0.0528. The zero-order valence-corrected chi connectivity index (χ0v) is 28.0. The van der Waals surface area contributed by atoms with Crippen molar-refractivity contribution in [3.8, 4) is 0 Å². The second-order valence-corrected chi connectivity index (χ2v) is 16.8. The predicted molar refractivity (Wildman–Crippen MR) is 165 cm³/mol. The molecule has 227 valence electrons. The van der Waals surface area contributed by atoms with Crippen molar-refractivity contribution in [1.29, 1.82) is 0 Å². The predicted octanol–water partition coefficient (Wildman–Crippen LogP) is 4.05.